The van der Waals surface area contributed by atoms with Gasteiger partial charge in [0.25, 0.3) is 0 Å². The Morgan fingerprint density at radius 2 is 2.07 bits per heavy atom. The van der Waals surface area contributed by atoms with E-state index in [2.05, 4.69) is 32.6 Å². The molecule has 1 heterocycles. The summed E-state index contributed by atoms with van der Waals surface area (Å²) in [6.45, 7) is 11.4. The lowest BCUT2D eigenvalue weighted by atomic mass is 9.92. The van der Waals surface area contributed by atoms with Gasteiger partial charge < -0.3 is 5.11 Å². The molecule has 2 heteroatoms. The van der Waals surface area contributed by atoms with E-state index in [0.29, 0.717) is 0 Å². The van der Waals surface area contributed by atoms with Crippen molar-refractivity contribution in [1.29, 1.82) is 0 Å². The quantitative estimate of drug-likeness (QED) is 0.749. The Hall–Kier alpha value is -0.0800. The van der Waals surface area contributed by atoms with E-state index in [1.807, 2.05) is 0 Å². The fourth-order valence-electron chi connectivity index (χ4n) is 2.40. The first-order valence-corrected chi connectivity index (χ1v) is 5.81. The maximum absolute atomic E-state index is 9.25. The molecular weight excluding hydrogens is 174 g/mol. The molecule has 2 nitrogen and oxygen atoms in total. The van der Waals surface area contributed by atoms with E-state index in [4.69, 9.17) is 0 Å². The van der Waals surface area contributed by atoms with Gasteiger partial charge in [-0.1, -0.05) is 27.7 Å². The summed E-state index contributed by atoms with van der Waals surface area (Å²) in [5.74, 6) is 0.743. The van der Waals surface area contributed by atoms with Gasteiger partial charge in [0.1, 0.15) is 0 Å². The molecule has 1 saturated heterocycles. The molecule has 0 aromatic carbocycles. The van der Waals surface area contributed by atoms with E-state index in [9.17, 15) is 5.11 Å². The largest absolute Gasteiger partial charge is 0.396 e. The van der Waals surface area contributed by atoms with Crippen LogP contribution in [-0.2, 0) is 0 Å². The van der Waals surface area contributed by atoms with Crippen LogP contribution in [0.3, 0.4) is 0 Å². The average Bonchev–Trinajstić information content (AvgIpc) is 2.51. The van der Waals surface area contributed by atoms with E-state index in [0.717, 1.165) is 18.5 Å². The van der Waals surface area contributed by atoms with Crippen LogP contribution in [0, 0.1) is 11.3 Å². The van der Waals surface area contributed by atoms with Crippen molar-refractivity contribution in [3.63, 3.8) is 0 Å². The molecule has 1 N–H and O–H groups in total. The van der Waals surface area contributed by atoms with Crippen LogP contribution in [0.1, 0.15) is 40.5 Å². The Kier molecular flexibility index (Phi) is 3.96. The molecule has 0 bridgehead atoms. The van der Waals surface area contributed by atoms with Crippen LogP contribution in [0.5, 0.6) is 0 Å². The predicted octanol–water partition coefficient (Wildman–Crippen LogP) is 2.13. The maximum atomic E-state index is 9.25. The highest BCUT2D eigenvalue weighted by Crippen LogP contribution is 2.27. The van der Waals surface area contributed by atoms with Gasteiger partial charge in [-0.3, -0.25) is 4.90 Å². The Bertz CT molecular complexity index is 177. The monoisotopic (exact) mass is 199 g/mol. The van der Waals surface area contributed by atoms with Gasteiger partial charge in [0, 0.05) is 24.6 Å². The molecule has 84 valence electrons. The molecule has 0 saturated carbocycles. The molecule has 1 fully saturated rings. The van der Waals surface area contributed by atoms with E-state index in [1.54, 1.807) is 0 Å². The minimum atomic E-state index is 0.0531. The molecule has 1 unspecified atom stereocenters. The molecule has 0 amide bonds. The number of nitrogens with zero attached hydrogens (tertiary/aromatic N) is 1. The highest BCUT2D eigenvalue weighted by molar-refractivity contribution is 4.85. The molecule has 1 aliphatic rings. The zero-order valence-electron chi connectivity index (χ0n) is 10.1. The van der Waals surface area contributed by atoms with Crippen molar-refractivity contribution >= 4 is 0 Å². The lowest BCUT2D eigenvalue weighted by molar-refractivity contribution is 0.0854. The van der Waals surface area contributed by atoms with Gasteiger partial charge in [0.05, 0.1) is 0 Å². The molecule has 1 aliphatic heterocycles. The van der Waals surface area contributed by atoms with Crippen LogP contribution >= 0.6 is 0 Å². The Morgan fingerprint density at radius 1 is 1.43 bits per heavy atom. The summed E-state index contributed by atoms with van der Waals surface area (Å²) < 4.78 is 0. The summed E-state index contributed by atoms with van der Waals surface area (Å²) >= 11 is 0. The first-order valence-electron chi connectivity index (χ1n) is 5.81. The number of hydrogen-bond donors (Lipinski definition) is 1. The summed E-state index contributed by atoms with van der Waals surface area (Å²) in [5.41, 5.74) is 0.0531. The minimum absolute atomic E-state index is 0.0531. The highest BCUT2D eigenvalue weighted by Gasteiger charge is 2.31. The molecule has 1 atom stereocenters. The average molecular weight is 199 g/mol. The molecule has 0 aromatic heterocycles. The van der Waals surface area contributed by atoms with Gasteiger partial charge in [-0.2, -0.15) is 0 Å². The summed E-state index contributed by atoms with van der Waals surface area (Å²) in [6, 6.07) is 0.737. The molecule has 14 heavy (non-hydrogen) atoms. The Balaban J connectivity index is 2.51. The van der Waals surface area contributed by atoms with Crippen molar-refractivity contribution in [2.45, 2.75) is 46.6 Å². The maximum Gasteiger partial charge on any atom is 0.0494 e. The predicted molar refractivity (Wildman–Crippen MR) is 60.3 cm³/mol. The van der Waals surface area contributed by atoms with E-state index < -0.39 is 0 Å². The Labute approximate surface area is 88.3 Å². The molecule has 1 rings (SSSR count). The summed E-state index contributed by atoms with van der Waals surface area (Å²) in [7, 11) is 0. The van der Waals surface area contributed by atoms with Crippen LogP contribution in [-0.4, -0.2) is 35.7 Å². The number of aliphatic hydroxyl groups is 1. The van der Waals surface area contributed by atoms with Gasteiger partial charge in [0.2, 0.25) is 0 Å². The zero-order chi connectivity index (χ0) is 10.8. The van der Waals surface area contributed by atoms with E-state index in [-0.39, 0.29) is 12.0 Å². The molecule has 0 radical (unpaired) electrons. The lowest BCUT2D eigenvalue weighted by Gasteiger charge is -2.34. The molecule has 0 aromatic rings. The summed E-state index contributed by atoms with van der Waals surface area (Å²) in [5, 5.41) is 9.25. The molecular formula is C12H25NO. The zero-order valence-corrected chi connectivity index (χ0v) is 10.1. The van der Waals surface area contributed by atoms with E-state index in [1.165, 1.54) is 19.4 Å². The summed E-state index contributed by atoms with van der Waals surface area (Å²) in [4.78, 5) is 2.56. The third kappa shape index (κ3) is 2.96. The summed E-state index contributed by atoms with van der Waals surface area (Å²) in [6.07, 6.45) is 2.66. The van der Waals surface area contributed by atoms with Crippen LogP contribution in [0.2, 0.25) is 0 Å². The molecule has 0 spiro atoms. The van der Waals surface area contributed by atoms with Crippen molar-refractivity contribution in [3.05, 3.63) is 0 Å². The second-order valence-electron chi connectivity index (χ2n) is 5.75. The number of rotatable bonds is 4. The van der Waals surface area contributed by atoms with E-state index >= 15 is 0 Å². The van der Waals surface area contributed by atoms with Crippen molar-refractivity contribution in [1.82, 2.24) is 4.90 Å². The minimum Gasteiger partial charge on any atom is -0.396 e. The standard InChI is InChI=1S/C12H25NO/c1-10(2)11-6-5-7-13(11)8-12(3,4)9-14/h10-11,14H,5-9H2,1-4H3. The van der Waals surface area contributed by atoms with Gasteiger partial charge >= 0.3 is 0 Å². The van der Waals surface area contributed by atoms with Crippen LogP contribution in [0.15, 0.2) is 0 Å². The van der Waals surface area contributed by atoms with Crippen LogP contribution < -0.4 is 0 Å². The normalized spacial score (nSPS) is 24.9. The lowest BCUT2D eigenvalue weighted by Crippen LogP contribution is -2.41. The first-order chi connectivity index (χ1) is 6.46. The van der Waals surface area contributed by atoms with Gasteiger partial charge in [-0.15, -0.1) is 0 Å². The third-order valence-corrected chi connectivity index (χ3v) is 3.24. The SMILES string of the molecule is CC(C)C1CCCN1CC(C)(C)CO. The topological polar surface area (TPSA) is 23.5 Å². The van der Waals surface area contributed by atoms with Crippen molar-refractivity contribution in [2.24, 2.45) is 11.3 Å². The number of likely N-dealkylation sites (tertiary alicyclic amines) is 1. The third-order valence-electron chi connectivity index (χ3n) is 3.24. The second kappa shape index (κ2) is 4.63. The van der Waals surface area contributed by atoms with Crippen LogP contribution in [0.4, 0.5) is 0 Å². The van der Waals surface area contributed by atoms with Crippen LogP contribution in [0.25, 0.3) is 0 Å². The Morgan fingerprint density at radius 3 is 2.57 bits per heavy atom. The first kappa shape index (κ1) is 12.0. The molecule has 0 aliphatic carbocycles. The van der Waals surface area contributed by atoms with Gasteiger partial charge in [0.15, 0.2) is 0 Å². The van der Waals surface area contributed by atoms with Crippen molar-refractivity contribution in [3.8, 4) is 0 Å². The van der Waals surface area contributed by atoms with Gasteiger partial charge in [-0.05, 0) is 25.3 Å². The fourth-order valence-corrected chi connectivity index (χ4v) is 2.40. The van der Waals surface area contributed by atoms with Gasteiger partial charge in [-0.25, -0.2) is 0 Å². The van der Waals surface area contributed by atoms with Crippen molar-refractivity contribution in [2.75, 3.05) is 19.7 Å². The smallest absolute Gasteiger partial charge is 0.0494 e. The fraction of sp³-hybridized carbons (Fsp3) is 1.00. The second-order valence-corrected chi connectivity index (χ2v) is 5.75. The number of hydrogen-bond acceptors (Lipinski definition) is 2. The number of aliphatic hydroxyl groups excluding tert-OH is 1. The van der Waals surface area contributed by atoms with Crippen molar-refractivity contribution < 1.29 is 5.11 Å². The highest BCUT2D eigenvalue weighted by atomic mass is 16.3.